The predicted molar refractivity (Wildman–Crippen MR) is 124 cm³/mol. The molecule has 0 saturated heterocycles. The lowest BCUT2D eigenvalue weighted by atomic mass is 10.1. The summed E-state index contributed by atoms with van der Waals surface area (Å²) in [6.07, 6.45) is 0. The minimum absolute atomic E-state index is 1.15. The van der Waals surface area contributed by atoms with Crippen molar-refractivity contribution in [1.29, 1.82) is 0 Å². The van der Waals surface area contributed by atoms with Crippen LogP contribution in [0.3, 0.4) is 0 Å². The van der Waals surface area contributed by atoms with Gasteiger partial charge in [-0.2, -0.15) is 0 Å². The van der Waals surface area contributed by atoms with Crippen LogP contribution in [0.2, 0.25) is 0 Å². The minimum Gasteiger partial charge on any atom is -0.310 e. The van der Waals surface area contributed by atoms with E-state index in [1.54, 1.807) is 0 Å². The van der Waals surface area contributed by atoms with Crippen molar-refractivity contribution < 1.29 is 0 Å². The zero-order chi connectivity index (χ0) is 18.2. The SMILES string of the molecule is In1c2ccccc2c2cc(N(c3ccccc3)c3ccccc3)ccc21. The summed E-state index contributed by atoms with van der Waals surface area (Å²) in [5.41, 5.74) is 5.95. The molecule has 0 N–H and O–H groups in total. The van der Waals surface area contributed by atoms with Gasteiger partial charge in [0.1, 0.15) is 0 Å². The van der Waals surface area contributed by atoms with Crippen molar-refractivity contribution >= 4 is 61.7 Å². The Balaban J connectivity index is 1.77. The molecule has 0 radical (unpaired) electrons. The first-order valence-electron chi connectivity index (χ1n) is 8.92. The molecule has 3 heteroatoms. The number of benzene rings is 4. The first-order valence-corrected chi connectivity index (χ1v) is 9.89. The van der Waals surface area contributed by atoms with Crippen LogP contribution in [0.5, 0.6) is 0 Å². The molecule has 5 aromatic rings. The summed E-state index contributed by atoms with van der Waals surface area (Å²) in [6.45, 7) is 0. The van der Waals surface area contributed by atoms with E-state index in [-0.39, 0.29) is 0 Å². The summed E-state index contributed by atoms with van der Waals surface area (Å²) >= 11 is 2.39. The molecule has 1 heterocycles. The second-order valence-corrected chi connectivity index (χ2v) is 7.47. The number of hydrogen-bond donors (Lipinski definition) is 0. The maximum atomic E-state index is 2.39. The van der Waals surface area contributed by atoms with Gasteiger partial charge in [0.2, 0.25) is 0 Å². The lowest BCUT2D eigenvalue weighted by Crippen LogP contribution is -2.09. The molecule has 4 aromatic carbocycles. The van der Waals surface area contributed by atoms with Crippen LogP contribution in [0.1, 0.15) is 0 Å². The van der Waals surface area contributed by atoms with Crippen molar-refractivity contribution in [3.63, 3.8) is 0 Å². The van der Waals surface area contributed by atoms with Gasteiger partial charge in [-0.05, 0) is 48.5 Å². The Morgan fingerprint density at radius 2 is 1.07 bits per heavy atom. The molecule has 0 aliphatic heterocycles. The van der Waals surface area contributed by atoms with E-state index in [2.05, 4.69) is 134 Å². The molecule has 0 unspecified atom stereocenters. The smallest absolute Gasteiger partial charge is 0.0646 e. The number of para-hydroxylation sites is 3. The number of rotatable bonds is 3. The topological polar surface area (TPSA) is 8.17 Å². The van der Waals surface area contributed by atoms with Gasteiger partial charge in [0, 0.05) is 27.8 Å². The molecule has 0 bridgehead atoms. The van der Waals surface area contributed by atoms with E-state index >= 15 is 0 Å². The van der Waals surface area contributed by atoms with Crippen LogP contribution in [0, 0.1) is 0 Å². The molecule has 5 rings (SSSR count). The molecule has 2 nitrogen and oxygen atoms in total. The van der Waals surface area contributed by atoms with Crippen LogP contribution in [0.15, 0.2) is 103 Å². The maximum absolute atomic E-state index is 2.39. The molecule has 130 valence electrons. The molecule has 1 aromatic heterocycles. The maximum Gasteiger partial charge on any atom is 0.0646 e. The highest BCUT2D eigenvalue weighted by Crippen LogP contribution is 2.38. The quantitative estimate of drug-likeness (QED) is 0.254. The van der Waals surface area contributed by atoms with E-state index in [1.807, 2.05) is 0 Å². The molecule has 0 aliphatic carbocycles. The average Bonchev–Trinajstić information content (AvgIpc) is 3.02. The van der Waals surface area contributed by atoms with Crippen LogP contribution in [0.25, 0.3) is 21.8 Å². The average molecular weight is 460 g/mol. The zero-order valence-electron chi connectivity index (χ0n) is 14.6. The molecule has 0 spiro atoms. The third kappa shape index (κ3) is 2.79. The third-order valence-corrected chi connectivity index (χ3v) is 5.92. The summed E-state index contributed by atoms with van der Waals surface area (Å²) in [5, 5.41) is 2.55. The Labute approximate surface area is 172 Å². The highest BCUT2D eigenvalue weighted by atomic mass is 127. The summed E-state index contributed by atoms with van der Waals surface area (Å²) in [5.74, 6) is 0. The molecule has 0 fully saturated rings. The van der Waals surface area contributed by atoms with Crippen molar-refractivity contribution in [3.05, 3.63) is 103 Å². The molecular weight excluding hydrogens is 443 g/mol. The Bertz CT molecular complexity index is 1190. The number of fused-ring (bicyclic) bond motifs is 3. The summed E-state index contributed by atoms with van der Waals surface area (Å²) < 4.78 is 2.24. The monoisotopic (exact) mass is 460 g/mol. The van der Waals surface area contributed by atoms with Crippen LogP contribution in [-0.4, -0.2) is 2.78 Å². The van der Waals surface area contributed by atoms with E-state index in [4.69, 9.17) is 0 Å². The van der Waals surface area contributed by atoms with Gasteiger partial charge < -0.3 is 4.90 Å². The van der Waals surface area contributed by atoms with E-state index in [0.717, 1.165) is 17.1 Å². The predicted octanol–water partition coefficient (Wildman–Crippen LogP) is 7.46. The summed E-state index contributed by atoms with van der Waals surface area (Å²) in [6, 6.07) is 36.4. The molecule has 0 aliphatic rings. The first-order chi connectivity index (χ1) is 13.3. The van der Waals surface area contributed by atoms with E-state index in [0.29, 0.717) is 0 Å². The summed E-state index contributed by atoms with van der Waals surface area (Å²) in [4.78, 5) is 2.30. The second kappa shape index (κ2) is 6.74. The van der Waals surface area contributed by atoms with Gasteiger partial charge >= 0.3 is 0 Å². The molecule has 27 heavy (non-hydrogen) atoms. The van der Waals surface area contributed by atoms with Crippen LogP contribution in [-0.2, 0) is 0 Å². The van der Waals surface area contributed by atoms with Gasteiger partial charge in [0.25, 0.3) is 0 Å². The molecule has 0 amide bonds. The first kappa shape index (κ1) is 16.4. The van der Waals surface area contributed by atoms with Crippen molar-refractivity contribution in [1.82, 2.24) is 2.78 Å². The van der Waals surface area contributed by atoms with E-state index in [9.17, 15) is 0 Å². The number of halogens is 1. The van der Waals surface area contributed by atoms with Gasteiger partial charge in [-0.25, -0.2) is 0 Å². The number of anilines is 3. The Morgan fingerprint density at radius 3 is 1.74 bits per heavy atom. The van der Waals surface area contributed by atoms with Gasteiger partial charge in [0.15, 0.2) is 0 Å². The summed E-state index contributed by atoms with van der Waals surface area (Å²) in [7, 11) is 0. The van der Waals surface area contributed by atoms with Gasteiger partial charge in [0.05, 0.1) is 33.9 Å². The fraction of sp³-hybridized carbons (Fsp3) is 0. The van der Waals surface area contributed by atoms with Gasteiger partial charge in [-0.1, -0.05) is 54.6 Å². The van der Waals surface area contributed by atoms with Crippen molar-refractivity contribution in [2.24, 2.45) is 0 Å². The number of nitrogens with zero attached hydrogens (tertiary/aromatic N) is 2. The Hall–Kier alpha value is -2.79. The number of aromatic nitrogens is 1. The minimum atomic E-state index is 1.15. The fourth-order valence-electron chi connectivity index (χ4n) is 3.65. The lowest BCUT2D eigenvalue weighted by Gasteiger charge is -2.25. The van der Waals surface area contributed by atoms with Crippen LogP contribution >= 0.6 is 22.9 Å². The number of hydrogen-bond acceptors (Lipinski definition) is 1. The lowest BCUT2D eigenvalue weighted by molar-refractivity contribution is 1.29. The van der Waals surface area contributed by atoms with E-state index in [1.165, 1.54) is 21.8 Å². The Kier molecular flexibility index (Phi) is 4.09. The van der Waals surface area contributed by atoms with Gasteiger partial charge in [-0.3, -0.25) is 2.78 Å². The van der Waals surface area contributed by atoms with Crippen LogP contribution < -0.4 is 4.90 Å². The van der Waals surface area contributed by atoms with E-state index < -0.39 is 0 Å². The largest absolute Gasteiger partial charge is 0.310 e. The third-order valence-electron chi connectivity index (χ3n) is 4.88. The van der Waals surface area contributed by atoms with Crippen molar-refractivity contribution in [2.45, 2.75) is 0 Å². The zero-order valence-corrected chi connectivity index (χ0v) is 16.7. The molecule has 0 atom stereocenters. The fourth-order valence-corrected chi connectivity index (χ4v) is 4.50. The second-order valence-electron chi connectivity index (χ2n) is 6.51. The Morgan fingerprint density at radius 1 is 0.519 bits per heavy atom. The standard InChI is InChI=1S/C24H17IN2/c25-27-23-14-8-7-13-21(23)22-17-20(15-16-24(22)27)26(18-9-3-1-4-10-18)19-11-5-2-6-12-19/h1-17H. The highest BCUT2D eigenvalue weighted by Gasteiger charge is 2.15. The highest BCUT2D eigenvalue weighted by molar-refractivity contribution is 14.1. The van der Waals surface area contributed by atoms with Crippen LogP contribution in [0.4, 0.5) is 17.1 Å². The van der Waals surface area contributed by atoms with Gasteiger partial charge in [-0.15, -0.1) is 0 Å². The van der Waals surface area contributed by atoms with Crippen molar-refractivity contribution in [2.75, 3.05) is 4.90 Å². The normalized spacial score (nSPS) is 11.1. The molecular formula is C24H17IN2. The van der Waals surface area contributed by atoms with Crippen molar-refractivity contribution in [3.8, 4) is 0 Å². The molecule has 0 saturated carbocycles.